The van der Waals surface area contributed by atoms with Crippen LogP contribution in [0.4, 0.5) is 14.5 Å². The van der Waals surface area contributed by atoms with E-state index >= 15 is 0 Å². The fourth-order valence-electron chi connectivity index (χ4n) is 1.84. The maximum atomic E-state index is 12.1. The number of aromatic nitrogens is 2. The number of benzene rings is 1. The van der Waals surface area contributed by atoms with E-state index in [-0.39, 0.29) is 29.4 Å². The van der Waals surface area contributed by atoms with E-state index in [0.717, 1.165) is 16.8 Å². The second-order valence-corrected chi connectivity index (χ2v) is 5.03. The van der Waals surface area contributed by atoms with E-state index in [9.17, 15) is 23.2 Å². The maximum Gasteiger partial charge on any atom is 0.387 e. The van der Waals surface area contributed by atoms with Gasteiger partial charge in [0.1, 0.15) is 5.75 Å². The van der Waals surface area contributed by atoms with Crippen LogP contribution in [-0.2, 0) is 11.3 Å². The SMILES string of the molecule is O=C(CCn1[nH]c(=O)ccc1=O)Nc1ccc(OC(F)F)c(Cl)c1. The number of aryl methyl sites for hydroxylation is 1. The molecule has 0 spiro atoms. The van der Waals surface area contributed by atoms with Gasteiger partial charge in [-0.15, -0.1) is 0 Å². The summed E-state index contributed by atoms with van der Waals surface area (Å²) < 4.78 is 29.5. The van der Waals surface area contributed by atoms with Gasteiger partial charge in [-0.05, 0) is 18.2 Å². The monoisotopic (exact) mass is 359 g/mol. The number of halogens is 3. The predicted molar refractivity (Wildman–Crippen MR) is 82.7 cm³/mol. The van der Waals surface area contributed by atoms with Crippen molar-refractivity contribution in [3.8, 4) is 5.75 Å². The smallest absolute Gasteiger partial charge is 0.387 e. The molecule has 0 bridgehead atoms. The molecule has 0 aliphatic rings. The lowest BCUT2D eigenvalue weighted by Gasteiger charge is -2.10. The first-order chi connectivity index (χ1) is 11.3. The minimum atomic E-state index is -3.01. The summed E-state index contributed by atoms with van der Waals surface area (Å²) in [5, 5.41) is 4.70. The van der Waals surface area contributed by atoms with Crippen LogP contribution in [0.5, 0.6) is 5.75 Å². The quantitative estimate of drug-likeness (QED) is 0.822. The summed E-state index contributed by atoms with van der Waals surface area (Å²) >= 11 is 5.77. The van der Waals surface area contributed by atoms with Crippen molar-refractivity contribution in [3.63, 3.8) is 0 Å². The zero-order valence-corrected chi connectivity index (χ0v) is 12.8. The average molecular weight is 360 g/mol. The van der Waals surface area contributed by atoms with E-state index in [4.69, 9.17) is 11.6 Å². The topological polar surface area (TPSA) is 93.2 Å². The highest BCUT2D eigenvalue weighted by Crippen LogP contribution is 2.28. The van der Waals surface area contributed by atoms with Crippen molar-refractivity contribution in [1.82, 2.24) is 9.78 Å². The number of aromatic amines is 1. The van der Waals surface area contributed by atoms with Crippen LogP contribution in [0.2, 0.25) is 5.02 Å². The third-order valence-electron chi connectivity index (χ3n) is 2.88. The summed E-state index contributed by atoms with van der Waals surface area (Å²) in [5.74, 6) is -0.664. The molecule has 128 valence electrons. The second kappa shape index (κ2) is 7.73. The predicted octanol–water partition coefficient (Wildman–Crippen LogP) is 1.82. The van der Waals surface area contributed by atoms with Crippen LogP contribution in [0.1, 0.15) is 6.42 Å². The lowest BCUT2D eigenvalue weighted by molar-refractivity contribution is -0.116. The molecule has 1 aromatic carbocycles. The molecule has 0 saturated carbocycles. The number of carbonyl (C=O) groups excluding carboxylic acids is 1. The third-order valence-corrected chi connectivity index (χ3v) is 3.18. The number of hydrogen-bond donors (Lipinski definition) is 2. The van der Waals surface area contributed by atoms with Gasteiger partial charge in [0.2, 0.25) is 5.91 Å². The number of ether oxygens (including phenoxy) is 1. The molecule has 1 heterocycles. The van der Waals surface area contributed by atoms with E-state index in [1.807, 2.05) is 0 Å². The normalized spacial score (nSPS) is 10.7. The van der Waals surface area contributed by atoms with E-state index in [2.05, 4.69) is 15.2 Å². The van der Waals surface area contributed by atoms with E-state index < -0.39 is 23.6 Å². The van der Waals surface area contributed by atoms with E-state index in [1.165, 1.54) is 18.2 Å². The molecule has 0 atom stereocenters. The highest BCUT2D eigenvalue weighted by atomic mass is 35.5. The van der Waals surface area contributed by atoms with Gasteiger partial charge in [0, 0.05) is 24.2 Å². The standard InChI is InChI=1S/C14H12ClF2N3O4/c15-9-7-8(1-2-10(9)24-14(16)17)18-11(21)5-6-20-13(23)4-3-12(22)19-20/h1-4,7,14H,5-6H2,(H,18,21)(H,19,22). The number of nitrogens with one attached hydrogen (secondary N) is 2. The summed E-state index contributed by atoms with van der Waals surface area (Å²) in [7, 11) is 0. The third kappa shape index (κ3) is 4.92. The van der Waals surface area contributed by atoms with E-state index in [1.54, 1.807) is 0 Å². The molecule has 24 heavy (non-hydrogen) atoms. The molecule has 2 aromatic rings. The van der Waals surface area contributed by atoms with Crippen LogP contribution in [0.3, 0.4) is 0 Å². The number of anilines is 1. The van der Waals surface area contributed by atoms with Gasteiger partial charge in [-0.2, -0.15) is 8.78 Å². The van der Waals surface area contributed by atoms with Crippen LogP contribution in [0, 0.1) is 0 Å². The van der Waals surface area contributed by atoms with Gasteiger partial charge < -0.3 is 10.1 Å². The molecule has 0 saturated heterocycles. The maximum absolute atomic E-state index is 12.1. The molecular formula is C14H12ClF2N3O4. The zero-order valence-electron chi connectivity index (χ0n) is 12.1. The number of carbonyl (C=O) groups is 1. The summed E-state index contributed by atoms with van der Waals surface area (Å²) in [6.45, 7) is -3.03. The van der Waals surface area contributed by atoms with Gasteiger partial charge in [-0.1, -0.05) is 11.6 Å². The average Bonchev–Trinajstić information content (AvgIpc) is 2.50. The lowest BCUT2D eigenvalue weighted by atomic mass is 10.3. The Morgan fingerprint density at radius 1 is 1.29 bits per heavy atom. The number of H-pyrrole nitrogens is 1. The zero-order chi connectivity index (χ0) is 17.7. The molecule has 1 aromatic heterocycles. The van der Waals surface area contributed by atoms with Crippen LogP contribution < -0.4 is 21.2 Å². The van der Waals surface area contributed by atoms with Gasteiger partial charge in [0.25, 0.3) is 11.1 Å². The number of rotatable bonds is 6. The lowest BCUT2D eigenvalue weighted by Crippen LogP contribution is -2.29. The van der Waals surface area contributed by atoms with Crippen molar-refractivity contribution in [3.05, 3.63) is 56.1 Å². The first-order valence-electron chi connectivity index (χ1n) is 6.69. The molecule has 0 aliphatic heterocycles. The molecule has 1 amide bonds. The van der Waals surface area contributed by atoms with Gasteiger partial charge in [-0.3, -0.25) is 19.5 Å². The van der Waals surface area contributed by atoms with Crippen molar-refractivity contribution < 1.29 is 18.3 Å². The minimum Gasteiger partial charge on any atom is -0.433 e. The summed E-state index contributed by atoms with van der Waals surface area (Å²) in [6.07, 6.45) is -0.0905. The van der Waals surface area contributed by atoms with Crippen LogP contribution in [0.15, 0.2) is 39.9 Å². The molecule has 2 N–H and O–H groups in total. The Bertz CT molecular complexity index is 850. The van der Waals surface area contributed by atoms with Crippen molar-refractivity contribution in [2.75, 3.05) is 5.32 Å². The largest absolute Gasteiger partial charge is 0.433 e. The molecular weight excluding hydrogens is 348 g/mol. The van der Waals surface area contributed by atoms with Crippen molar-refractivity contribution in [2.24, 2.45) is 0 Å². The first kappa shape index (κ1) is 17.7. The van der Waals surface area contributed by atoms with Gasteiger partial charge in [-0.25, -0.2) is 4.68 Å². The Morgan fingerprint density at radius 3 is 2.71 bits per heavy atom. The Balaban J connectivity index is 1.97. The Kier molecular flexibility index (Phi) is 5.69. The molecule has 0 radical (unpaired) electrons. The van der Waals surface area contributed by atoms with Gasteiger partial charge >= 0.3 is 6.61 Å². The fraction of sp³-hybridized carbons (Fsp3) is 0.214. The highest BCUT2D eigenvalue weighted by Gasteiger charge is 2.10. The molecule has 0 unspecified atom stereocenters. The molecule has 10 heteroatoms. The number of alkyl halides is 2. The van der Waals surface area contributed by atoms with Crippen LogP contribution >= 0.6 is 11.6 Å². The van der Waals surface area contributed by atoms with Crippen LogP contribution in [0.25, 0.3) is 0 Å². The summed E-state index contributed by atoms with van der Waals surface area (Å²) in [6, 6.07) is 5.98. The number of nitrogens with zero attached hydrogens (tertiary/aromatic N) is 1. The Morgan fingerprint density at radius 2 is 2.04 bits per heavy atom. The minimum absolute atomic E-state index is 0.0267. The van der Waals surface area contributed by atoms with Crippen LogP contribution in [-0.4, -0.2) is 22.3 Å². The molecule has 2 rings (SSSR count). The highest BCUT2D eigenvalue weighted by molar-refractivity contribution is 6.32. The van der Waals surface area contributed by atoms with Gasteiger partial charge in [0.15, 0.2) is 0 Å². The number of hydrogen-bond acceptors (Lipinski definition) is 4. The Labute approximate surface area is 138 Å². The fourth-order valence-corrected chi connectivity index (χ4v) is 2.06. The van der Waals surface area contributed by atoms with Crippen molar-refractivity contribution in [1.29, 1.82) is 0 Å². The van der Waals surface area contributed by atoms with Crippen molar-refractivity contribution >= 4 is 23.2 Å². The van der Waals surface area contributed by atoms with Gasteiger partial charge in [0.05, 0.1) is 11.6 Å². The molecule has 7 nitrogen and oxygen atoms in total. The molecule has 0 fully saturated rings. The number of amides is 1. The summed E-state index contributed by atoms with van der Waals surface area (Å²) in [4.78, 5) is 34.5. The Hall–Kier alpha value is -2.68. The second-order valence-electron chi connectivity index (χ2n) is 4.62. The summed E-state index contributed by atoms with van der Waals surface area (Å²) in [5.41, 5.74) is -0.629. The molecule has 0 aliphatic carbocycles. The van der Waals surface area contributed by atoms with Crippen molar-refractivity contribution in [2.45, 2.75) is 19.6 Å². The van der Waals surface area contributed by atoms with E-state index in [0.29, 0.717) is 0 Å². The first-order valence-corrected chi connectivity index (χ1v) is 7.07.